The lowest BCUT2D eigenvalue weighted by Gasteiger charge is -2.16. The predicted octanol–water partition coefficient (Wildman–Crippen LogP) is 2.19. The van der Waals surface area contributed by atoms with Crippen molar-refractivity contribution >= 4 is 5.91 Å². The molecule has 0 fully saturated rings. The topological polar surface area (TPSA) is 56.0 Å². The van der Waals surface area contributed by atoms with Gasteiger partial charge >= 0.3 is 0 Å². The van der Waals surface area contributed by atoms with Crippen LogP contribution in [-0.4, -0.2) is 37.4 Å². The van der Waals surface area contributed by atoms with E-state index < -0.39 is 0 Å². The summed E-state index contributed by atoms with van der Waals surface area (Å²) in [5, 5.41) is 8.48. The van der Waals surface area contributed by atoms with Crippen LogP contribution in [0.2, 0.25) is 0 Å². The Balaban J connectivity index is 1.81. The summed E-state index contributed by atoms with van der Waals surface area (Å²) in [6, 6.07) is 9.79. The molecule has 118 valence electrons. The van der Waals surface area contributed by atoms with Gasteiger partial charge in [0.15, 0.2) is 0 Å². The van der Waals surface area contributed by atoms with Gasteiger partial charge in [-0.3, -0.25) is 9.48 Å². The molecular weight excluding hydrogens is 290 g/mol. The molecule has 23 heavy (non-hydrogen) atoms. The second-order valence-electron chi connectivity index (χ2n) is 5.57. The van der Waals surface area contributed by atoms with Crippen LogP contribution in [0.1, 0.15) is 21.6 Å². The number of carbonyl (C=O) groups excluding carboxylic acids is 1. The maximum Gasteiger partial charge on any atom is 0.257 e. The number of benzene rings is 1. The summed E-state index contributed by atoms with van der Waals surface area (Å²) in [6.07, 6.45) is 5.30. The van der Waals surface area contributed by atoms with Crippen LogP contribution in [0.3, 0.4) is 0 Å². The van der Waals surface area contributed by atoms with E-state index in [1.54, 1.807) is 33.7 Å². The first kappa shape index (κ1) is 15.0. The maximum absolute atomic E-state index is 12.7. The monoisotopic (exact) mass is 309 g/mol. The minimum absolute atomic E-state index is 0.0477. The Bertz CT molecular complexity index is 819. The summed E-state index contributed by atoms with van der Waals surface area (Å²) in [5.74, 6) is -0.0477. The fourth-order valence-electron chi connectivity index (χ4n) is 2.55. The number of para-hydroxylation sites is 1. The van der Waals surface area contributed by atoms with E-state index in [-0.39, 0.29) is 5.91 Å². The van der Waals surface area contributed by atoms with Crippen LogP contribution in [0.4, 0.5) is 0 Å². The molecule has 0 atom stereocenters. The van der Waals surface area contributed by atoms with E-state index in [2.05, 4.69) is 10.2 Å². The zero-order valence-corrected chi connectivity index (χ0v) is 13.5. The summed E-state index contributed by atoms with van der Waals surface area (Å²) >= 11 is 0. The van der Waals surface area contributed by atoms with Crippen molar-refractivity contribution in [3.8, 4) is 5.69 Å². The van der Waals surface area contributed by atoms with Gasteiger partial charge in [0, 0.05) is 32.4 Å². The van der Waals surface area contributed by atoms with E-state index in [4.69, 9.17) is 0 Å². The first-order valence-electron chi connectivity index (χ1n) is 7.39. The maximum atomic E-state index is 12.7. The number of aryl methyl sites for hydroxylation is 1. The smallest absolute Gasteiger partial charge is 0.257 e. The van der Waals surface area contributed by atoms with E-state index in [1.807, 2.05) is 50.5 Å². The minimum Gasteiger partial charge on any atom is -0.337 e. The van der Waals surface area contributed by atoms with E-state index in [9.17, 15) is 4.79 Å². The summed E-state index contributed by atoms with van der Waals surface area (Å²) in [5.41, 5.74) is 3.38. The minimum atomic E-state index is -0.0477. The zero-order chi connectivity index (χ0) is 16.4. The van der Waals surface area contributed by atoms with Crippen molar-refractivity contribution in [1.29, 1.82) is 0 Å². The molecule has 0 radical (unpaired) electrons. The van der Waals surface area contributed by atoms with E-state index in [1.165, 1.54) is 0 Å². The Hall–Kier alpha value is -2.89. The standard InChI is InChI=1S/C17H19N5O/c1-13-16(10-19-22(13)15-7-5-4-6-8-15)17(23)20(2)11-14-9-18-21(3)12-14/h4-10,12H,11H2,1-3H3. The van der Waals surface area contributed by atoms with Gasteiger partial charge in [-0.25, -0.2) is 4.68 Å². The third-order valence-corrected chi connectivity index (χ3v) is 3.77. The zero-order valence-electron chi connectivity index (χ0n) is 13.5. The highest BCUT2D eigenvalue weighted by Crippen LogP contribution is 2.16. The van der Waals surface area contributed by atoms with Crippen molar-refractivity contribution in [2.24, 2.45) is 7.05 Å². The SMILES string of the molecule is Cc1c(C(=O)N(C)Cc2cnn(C)c2)cnn1-c1ccccc1. The van der Waals surface area contributed by atoms with E-state index in [0.717, 1.165) is 16.9 Å². The van der Waals surface area contributed by atoms with Crippen LogP contribution in [-0.2, 0) is 13.6 Å². The fraction of sp³-hybridized carbons (Fsp3) is 0.235. The van der Waals surface area contributed by atoms with Crippen LogP contribution in [0.15, 0.2) is 48.9 Å². The Morgan fingerprint density at radius 3 is 2.57 bits per heavy atom. The first-order valence-corrected chi connectivity index (χ1v) is 7.39. The van der Waals surface area contributed by atoms with Crippen molar-refractivity contribution in [1.82, 2.24) is 24.5 Å². The average Bonchev–Trinajstić information content (AvgIpc) is 3.13. The molecule has 3 rings (SSSR count). The molecule has 1 aromatic carbocycles. The molecule has 0 saturated heterocycles. The average molecular weight is 309 g/mol. The number of hydrogen-bond acceptors (Lipinski definition) is 3. The lowest BCUT2D eigenvalue weighted by molar-refractivity contribution is 0.0784. The van der Waals surface area contributed by atoms with Gasteiger partial charge < -0.3 is 4.90 Å². The van der Waals surface area contributed by atoms with Crippen molar-refractivity contribution in [3.63, 3.8) is 0 Å². The number of carbonyl (C=O) groups is 1. The third-order valence-electron chi connectivity index (χ3n) is 3.77. The molecule has 0 bridgehead atoms. The van der Waals surface area contributed by atoms with Crippen molar-refractivity contribution < 1.29 is 4.79 Å². The van der Waals surface area contributed by atoms with Gasteiger partial charge in [0.2, 0.25) is 0 Å². The lowest BCUT2D eigenvalue weighted by Crippen LogP contribution is -2.26. The molecule has 0 unspecified atom stereocenters. The third kappa shape index (κ3) is 3.01. The van der Waals surface area contributed by atoms with E-state index >= 15 is 0 Å². The first-order chi connectivity index (χ1) is 11.1. The van der Waals surface area contributed by atoms with Crippen LogP contribution < -0.4 is 0 Å². The lowest BCUT2D eigenvalue weighted by atomic mass is 10.2. The van der Waals surface area contributed by atoms with E-state index in [0.29, 0.717) is 12.1 Å². The largest absolute Gasteiger partial charge is 0.337 e. The summed E-state index contributed by atoms with van der Waals surface area (Å²) in [7, 11) is 3.65. The van der Waals surface area contributed by atoms with Crippen LogP contribution >= 0.6 is 0 Å². The highest BCUT2D eigenvalue weighted by molar-refractivity contribution is 5.95. The molecule has 0 saturated carbocycles. The Labute approximate surface area is 135 Å². The second-order valence-corrected chi connectivity index (χ2v) is 5.57. The molecule has 0 aliphatic carbocycles. The number of hydrogen-bond donors (Lipinski definition) is 0. The molecule has 6 heteroatoms. The molecule has 0 N–H and O–H groups in total. The Morgan fingerprint density at radius 2 is 1.91 bits per heavy atom. The Morgan fingerprint density at radius 1 is 1.17 bits per heavy atom. The Kier molecular flexibility index (Phi) is 3.97. The molecule has 2 heterocycles. The van der Waals surface area contributed by atoms with Crippen LogP contribution in [0.25, 0.3) is 5.69 Å². The number of amides is 1. The molecule has 0 spiro atoms. The van der Waals surface area contributed by atoms with Crippen molar-refractivity contribution in [2.75, 3.05) is 7.05 Å². The molecule has 0 aliphatic rings. The quantitative estimate of drug-likeness (QED) is 0.742. The molecule has 6 nitrogen and oxygen atoms in total. The fourth-order valence-corrected chi connectivity index (χ4v) is 2.55. The van der Waals surface area contributed by atoms with Crippen molar-refractivity contribution in [3.05, 3.63) is 65.7 Å². The molecule has 1 amide bonds. The normalized spacial score (nSPS) is 10.7. The number of rotatable bonds is 4. The van der Waals surface area contributed by atoms with Gasteiger partial charge in [0.25, 0.3) is 5.91 Å². The van der Waals surface area contributed by atoms with Gasteiger partial charge in [-0.05, 0) is 19.1 Å². The summed E-state index contributed by atoms with van der Waals surface area (Å²) in [6.45, 7) is 2.42. The van der Waals surface area contributed by atoms with Crippen LogP contribution in [0, 0.1) is 6.92 Å². The number of nitrogens with zero attached hydrogens (tertiary/aromatic N) is 5. The van der Waals surface area contributed by atoms with Gasteiger partial charge in [0.1, 0.15) is 0 Å². The molecular formula is C17H19N5O. The van der Waals surface area contributed by atoms with Crippen molar-refractivity contribution in [2.45, 2.75) is 13.5 Å². The predicted molar refractivity (Wildman–Crippen MR) is 87.3 cm³/mol. The second kappa shape index (κ2) is 6.08. The highest BCUT2D eigenvalue weighted by Gasteiger charge is 2.19. The van der Waals surface area contributed by atoms with Gasteiger partial charge in [-0.2, -0.15) is 10.2 Å². The summed E-state index contributed by atoms with van der Waals surface area (Å²) in [4.78, 5) is 14.3. The van der Waals surface area contributed by atoms with Crippen LogP contribution in [0.5, 0.6) is 0 Å². The van der Waals surface area contributed by atoms with Gasteiger partial charge in [0.05, 0.1) is 29.3 Å². The molecule has 0 aliphatic heterocycles. The highest BCUT2D eigenvalue weighted by atomic mass is 16.2. The summed E-state index contributed by atoms with van der Waals surface area (Å²) < 4.78 is 3.51. The van der Waals surface area contributed by atoms with Gasteiger partial charge in [-0.15, -0.1) is 0 Å². The molecule has 3 aromatic rings. The van der Waals surface area contributed by atoms with Gasteiger partial charge in [-0.1, -0.05) is 18.2 Å². The number of aromatic nitrogens is 4. The molecule has 2 aromatic heterocycles.